The lowest BCUT2D eigenvalue weighted by molar-refractivity contribution is 0.175. The molecule has 0 spiro atoms. The van der Waals surface area contributed by atoms with Gasteiger partial charge in [-0.15, -0.1) is 0 Å². The maximum atomic E-state index is 10.0. The van der Waals surface area contributed by atoms with E-state index in [1.54, 1.807) is 17.6 Å². The predicted octanol–water partition coefficient (Wildman–Crippen LogP) is 2.30. The molecule has 4 heteroatoms. The van der Waals surface area contributed by atoms with Crippen molar-refractivity contribution in [2.75, 3.05) is 0 Å². The second-order valence-corrected chi connectivity index (χ2v) is 5.90. The third kappa shape index (κ3) is 2.27. The maximum absolute atomic E-state index is 10.0. The third-order valence-corrected chi connectivity index (χ3v) is 3.55. The molecule has 0 aromatic carbocycles. The van der Waals surface area contributed by atoms with E-state index in [4.69, 9.17) is 0 Å². The van der Waals surface area contributed by atoms with Crippen molar-refractivity contribution >= 4 is 0 Å². The van der Waals surface area contributed by atoms with Crippen molar-refractivity contribution in [1.82, 2.24) is 9.88 Å². The van der Waals surface area contributed by atoms with Crippen LogP contribution in [-0.4, -0.2) is 26.4 Å². The molecule has 1 aliphatic heterocycles. The van der Waals surface area contributed by atoms with E-state index in [0.717, 1.165) is 18.4 Å². The van der Waals surface area contributed by atoms with Crippen LogP contribution in [0.2, 0.25) is 0 Å². The Bertz CT molecular complexity index is 423. The number of hydrogen-bond acceptors (Lipinski definition) is 3. The number of piperidine rings is 1. The first kappa shape index (κ1) is 12.3. The summed E-state index contributed by atoms with van der Waals surface area (Å²) in [7, 11) is 0. The van der Waals surface area contributed by atoms with Gasteiger partial charge in [0.05, 0.1) is 0 Å². The summed E-state index contributed by atoms with van der Waals surface area (Å²) in [6.07, 6.45) is 1.81. The Morgan fingerprint density at radius 3 is 2.53 bits per heavy atom. The zero-order chi connectivity index (χ0) is 12.8. The molecule has 1 aliphatic rings. The van der Waals surface area contributed by atoms with Gasteiger partial charge in [0.1, 0.15) is 0 Å². The van der Waals surface area contributed by atoms with Gasteiger partial charge in [-0.3, -0.25) is 4.57 Å². The Morgan fingerprint density at radius 1 is 1.41 bits per heavy atom. The summed E-state index contributed by atoms with van der Waals surface area (Å²) in [4.78, 5) is 0. The second kappa shape index (κ2) is 3.95. The Labute approximate surface area is 102 Å². The molecule has 0 bridgehead atoms. The van der Waals surface area contributed by atoms with Gasteiger partial charge in [-0.2, -0.15) is 0 Å². The van der Waals surface area contributed by atoms with Gasteiger partial charge in [-0.25, -0.2) is 0 Å². The highest BCUT2D eigenvalue weighted by molar-refractivity contribution is 5.35. The van der Waals surface area contributed by atoms with Crippen molar-refractivity contribution in [2.45, 2.75) is 58.2 Å². The molecule has 1 saturated heterocycles. The van der Waals surface area contributed by atoms with Gasteiger partial charge >= 0.3 is 0 Å². The first-order valence-corrected chi connectivity index (χ1v) is 6.17. The van der Waals surface area contributed by atoms with Gasteiger partial charge in [0.15, 0.2) is 11.8 Å². The summed E-state index contributed by atoms with van der Waals surface area (Å²) in [5.74, 6) is 0.354. The first-order valence-electron chi connectivity index (χ1n) is 6.17. The molecule has 96 valence electrons. The van der Waals surface area contributed by atoms with Crippen LogP contribution in [0.4, 0.5) is 0 Å². The lowest BCUT2D eigenvalue weighted by Crippen LogP contribution is -2.51. The highest BCUT2D eigenvalue weighted by Crippen LogP contribution is 2.38. The average molecular weight is 238 g/mol. The molecule has 2 unspecified atom stereocenters. The standard InChI is InChI=1S/C13H22N2O2/c1-8-5-11(16)15(12(8)17)10-6-9(2)14-13(3,4)7-10/h5,9-10,14,16-17H,6-7H2,1-4H3. The van der Waals surface area contributed by atoms with Gasteiger partial charge in [0.25, 0.3) is 0 Å². The zero-order valence-corrected chi connectivity index (χ0v) is 11.0. The molecule has 0 aliphatic carbocycles. The Balaban J connectivity index is 2.33. The van der Waals surface area contributed by atoms with E-state index >= 15 is 0 Å². The summed E-state index contributed by atoms with van der Waals surface area (Å²) >= 11 is 0. The second-order valence-electron chi connectivity index (χ2n) is 5.90. The van der Waals surface area contributed by atoms with Gasteiger partial charge < -0.3 is 15.5 Å². The molecule has 3 N–H and O–H groups in total. The van der Waals surface area contributed by atoms with E-state index in [2.05, 4.69) is 26.1 Å². The molecule has 1 aromatic heterocycles. The van der Waals surface area contributed by atoms with Crippen molar-refractivity contribution in [1.29, 1.82) is 0 Å². The quantitative estimate of drug-likeness (QED) is 0.703. The van der Waals surface area contributed by atoms with Crippen molar-refractivity contribution in [3.05, 3.63) is 11.6 Å². The normalized spacial score (nSPS) is 28.2. The monoisotopic (exact) mass is 238 g/mol. The minimum absolute atomic E-state index is 0.0272. The summed E-state index contributed by atoms with van der Waals surface area (Å²) in [6, 6.07) is 2.15. The van der Waals surface area contributed by atoms with Gasteiger partial charge in [-0.1, -0.05) is 0 Å². The number of nitrogens with zero attached hydrogens (tertiary/aromatic N) is 1. The Morgan fingerprint density at radius 2 is 2.06 bits per heavy atom. The van der Waals surface area contributed by atoms with Crippen LogP contribution in [0.3, 0.4) is 0 Å². The van der Waals surface area contributed by atoms with E-state index < -0.39 is 0 Å². The van der Waals surface area contributed by atoms with Gasteiger partial charge in [-0.05, 0) is 40.5 Å². The van der Waals surface area contributed by atoms with Crippen molar-refractivity contribution < 1.29 is 10.2 Å². The number of aromatic hydroxyl groups is 2. The number of aromatic nitrogens is 1. The van der Waals surface area contributed by atoms with Crippen LogP contribution in [0, 0.1) is 6.92 Å². The topological polar surface area (TPSA) is 57.4 Å². The summed E-state index contributed by atoms with van der Waals surface area (Å²) in [5, 5.41) is 23.4. The molecule has 0 saturated carbocycles. The smallest absolute Gasteiger partial charge is 0.197 e. The van der Waals surface area contributed by atoms with E-state index in [-0.39, 0.29) is 23.3 Å². The highest BCUT2D eigenvalue weighted by atomic mass is 16.3. The summed E-state index contributed by atoms with van der Waals surface area (Å²) in [5.41, 5.74) is 0.755. The minimum atomic E-state index is 0.0272. The fourth-order valence-corrected chi connectivity index (χ4v) is 3.05. The lowest BCUT2D eigenvalue weighted by Gasteiger charge is -2.41. The fraction of sp³-hybridized carbons (Fsp3) is 0.692. The van der Waals surface area contributed by atoms with Crippen molar-refractivity contribution in [3.8, 4) is 11.8 Å². The van der Waals surface area contributed by atoms with E-state index in [9.17, 15) is 10.2 Å². The van der Waals surface area contributed by atoms with Crippen LogP contribution in [0.15, 0.2) is 6.07 Å². The maximum Gasteiger partial charge on any atom is 0.197 e. The van der Waals surface area contributed by atoms with Crippen LogP contribution >= 0.6 is 0 Å². The van der Waals surface area contributed by atoms with Crippen LogP contribution < -0.4 is 5.32 Å². The SMILES string of the molecule is Cc1cc(O)n(C2CC(C)NC(C)(C)C2)c1O. The molecule has 17 heavy (non-hydrogen) atoms. The largest absolute Gasteiger partial charge is 0.494 e. The average Bonchev–Trinajstić information content (AvgIpc) is 2.37. The lowest BCUT2D eigenvalue weighted by atomic mass is 9.86. The number of nitrogens with one attached hydrogen (secondary N) is 1. The summed E-state index contributed by atoms with van der Waals surface area (Å²) in [6.45, 7) is 8.25. The van der Waals surface area contributed by atoms with Crippen LogP contribution in [0.1, 0.15) is 45.2 Å². The van der Waals surface area contributed by atoms with Gasteiger partial charge in [0, 0.05) is 29.3 Å². The van der Waals surface area contributed by atoms with Crippen LogP contribution in [0.25, 0.3) is 0 Å². The van der Waals surface area contributed by atoms with E-state index in [1.165, 1.54) is 0 Å². The Kier molecular flexibility index (Phi) is 2.86. The molecule has 2 atom stereocenters. The molecule has 1 aromatic rings. The molecule has 0 radical (unpaired) electrons. The summed E-state index contributed by atoms with van der Waals surface area (Å²) < 4.78 is 1.66. The van der Waals surface area contributed by atoms with E-state index in [0.29, 0.717) is 6.04 Å². The van der Waals surface area contributed by atoms with Crippen molar-refractivity contribution in [3.63, 3.8) is 0 Å². The third-order valence-electron chi connectivity index (χ3n) is 3.55. The molecule has 0 amide bonds. The molecular formula is C13H22N2O2. The fourth-order valence-electron chi connectivity index (χ4n) is 3.05. The zero-order valence-electron chi connectivity index (χ0n) is 11.0. The van der Waals surface area contributed by atoms with Crippen molar-refractivity contribution in [2.24, 2.45) is 0 Å². The minimum Gasteiger partial charge on any atom is -0.494 e. The number of rotatable bonds is 1. The van der Waals surface area contributed by atoms with Crippen LogP contribution in [0.5, 0.6) is 11.8 Å². The molecule has 2 heterocycles. The first-order chi connectivity index (χ1) is 7.80. The number of aryl methyl sites for hydroxylation is 1. The number of hydrogen-bond donors (Lipinski definition) is 3. The molecule has 2 rings (SSSR count). The Hall–Kier alpha value is -1.16. The molecule has 4 nitrogen and oxygen atoms in total. The van der Waals surface area contributed by atoms with Gasteiger partial charge in [0.2, 0.25) is 0 Å². The van der Waals surface area contributed by atoms with E-state index in [1.807, 2.05) is 0 Å². The highest BCUT2D eigenvalue weighted by Gasteiger charge is 2.34. The molecule has 1 fully saturated rings. The van der Waals surface area contributed by atoms with Crippen LogP contribution in [-0.2, 0) is 0 Å². The predicted molar refractivity (Wildman–Crippen MR) is 67.4 cm³/mol. The molecular weight excluding hydrogens is 216 g/mol.